The van der Waals surface area contributed by atoms with Crippen molar-refractivity contribution in [3.05, 3.63) is 45.1 Å². The third kappa shape index (κ3) is 4.81. The van der Waals surface area contributed by atoms with E-state index < -0.39 is 0 Å². The molecule has 1 aliphatic carbocycles. The fourth-order valence-electron chi connectivity index (χ4n) is 4.51. The molecule has 0 radical (unpaired) electrons. The van der Waals surface area contributed by atoms with Gasteiger partial charge in [0.25, 0.3) is 5.56 Å². The summed E-state index contributed by atoms with van der Waals surface area (Å²) in [6, 6.07) is 7.25. The first-order valence-electron chi connectivity index (χ1n) is 11.4. The minimum Gasteiger partial charge on any atom is -0.497 e. The van der Waals surface area contributed by atoms with E-state index >= 15 is 0 Å². The predicted molar refractivity (Wildman–Crippen MR) is 132 cm³/mol. The molecular weight excluding hydrogens is 458 g/mol. The number of benzene rings is 1. The van der Waals surface area contributed by atoms with Gasteiger partial charge in [0.15, 0.2) is 5.16 Å². The van der Waals surface area contributed by atoms with E-state index in [9.17, 15) is 9.59 Å². The number of thiophene rings is 1. The lowest BCUT2D eigenvalue weighted by molar-refractivity contribution is -0.113. The number of rotatable bonds is 7. The van der Waals surface area contributed by atoms with Crippen LogP contribution in [-0.2, 0) is 28.9 Å². The topological polar surface area (TPSA) is 82.5 Å². The molecule has 0 bridgehead atoms. The molecule has 174 valence electrons. The Morgan fingerprint density at radius 1 is 1.33 bits per heavy atom. The number of carbonyl (C=O) groups excluding carboxylic acids is 1. The number of carbonyl (C=O) groups is 1. The van der Waals surface area contributed by atoms with E-state index in [1.165, 1.54) is 22.2 Å². The van der Waals surface area contributed by atoms with Gasteiger partial charge in [-0.25, -0.2) is 4.98 Å². The highest BCUT2D eigenvalue weighted by molar-refractivity contribution is 7.99. The Labute approximate surface area is 200 Å². The van der Waals surface area contributed by atoms with Crippen LogP contribution in [0.4, 0.5) is 5.69 Å². The average molecular weight is 486 g/mol. The Bertz CT molecular complexity index is 1230. The van der Waals surface area contributed by atoms with Gasteiger partial charge in [-0.2, -0.15) is 0 Å². The number of thioether (sulfide) groups is 1. The summed E-state index contributed by atoms with van der Waals surface area (Å²) in [5, 5.41) is 4.26. The van der Waals surface area contributed by atoms with Crippen molar-refractivity contribution >= 4 is 44.9 Å². The third-order valence-corrected chi connectivity index (χ3v) is 8.30. The van der Waals surface area contributed by atoms with E-state index in [2.05, 4.69) is 5.32 Å². The number of nitrogens with one attached hydrogen (secondary N) is 1. The molecule has 1 amide bonds. The fraction of sp³-hybridized carbons (Fsp3) is 0.458. The Morgan fingerprint density at radius 3 is 3.03 bits per heavy atom. The van der Waals surface area contributed by atoms with Crippen LogP contribution in [0.3, 0.4) is 0 Å². The summed E-state index contributed by atoms with van der Waals surface area (Å²) in [5.74, 6) is 0.683. The third-order valence-electron chi connectivity index (χ3n) is 6.14. The van der Waals surface area contributed by atoms with E-state index in [1.54, 1.807) is 29.1 Å². The molecule has 0 saturated carbocycles. The van der Waals surface area contributed by atoms with Gasteiger partial charge >= 0.3 is 0 Å². The van der Waals surface area contributed by atoms with Gasteiger partial charge in [-0.3, -0.25) is 14.2 Å². The lowest BCUT2D eigenvalue weighted by atomic mass is 9.97. The van der Waals surface area contributed by atoms with Crippen LogP contribution in [0.1, 0.15) is 36.1 Å². The molecule has 9 heteroatoms. The summed E-state index contributed by atoms with van der Waals surface area (Å²) < 4.78 is 12.8. The number of anilines is 1. The number of fused-ring (bicyclic) bond motifs is 3. The fourth-order valence-corrected chi connectivity index (χ4v) is 6.62. The number of hydrogen-bond donors (Lipinski definition) is 1. The molecule has 5 rings (SSSR count). The normalized spacial score (nSPS) is 17.8. The number of methoxy groups -OCH3 is 1. The number of hydrogen-bond acceptors (Lipinski definition) is 7. The van der Waals surface area contributed by atoms with Crippen LogP contribution >= 0.6 is 23.1 Å². The molecule has 2 aliphatic rings. The van der Waals surface area contributed by atoms with Gasteiger partial charge in [0.2, 0.25) is 5.91 Å². The minimum atomic E-state index is -0.156. The summed E-state index contributed by atoms with van der Waals surface area (Å²) in [6.07, 6.45) is 6.21. The van der Waals surface area contributed by atoms with Crippen molar-refractivity contribution in [3.63, 3.8) is 0 Å². The van der Waals surface area contributed by atoms with Crippen molar-refractivity contribution in [3.8, 4) is 5.75 Å². The maximum Gasteiger partial charge on any atom is 0.263 e. The molecule has 1 saturated heterocycles. The lowest BCUT2D eigenvalue weighted by Crippen LogP contribution is -2.29. The highest BCUT2D eigenvalue weighted by Gasteiger charge is 2.25. The van der Waals surface area contributed by atoms with Crippen molar-refractivity contribution < 1.29 is 14.3 Å². The molecular formula is C24H27N3O4S2. The molecule has 1 atom stereocenters. The molecule has 1 aromatic carbocycles. The van der Waals surface area contributed by atoms with Crippen LogP contribution in [0.15, 0.2) is 34.2 Å². The van der Waals surface area contributed by atoms with Gasteiger partial charge in [0.05, 0.1) is 30.9 Å². The van der Waals surface area contributed by atoms with Gasteiger partial charge in [-0.1, -0.05) is 17.8 Å². The first-order chi connectivity index (χ1) is 16.1. The molecule has 1 N–H and O–H groups in total. The summed E-state index contributed by atoms with van der Waals surface area (Å²) in [4.78, 5) is 33.2. The summed E-state index contributed by atoms with van der Waals surface area (Å²) in [6.45, 7) is 1.21. The molecule has 1 aliphatic heterocycles. The number of ether oxygens (including phenoxy) is 2. The maximum absolute atomic E-state index is 13.6. The van der Waals surface area contributed by atoms with Gasteiger partial charge in [0.1, 0.15) is 10.6 Å². The molecule has 2 aromatic heterocycles. The molecule has 3 aromatic rings. The van der Waals surface area contributed by atoms with E-state index in [-0.39, 0.29) is 23.3 Å². The van der Waals surface area contributed by atoms with E-state index in [4.69, 9.17) is 14.5 Å². The zero-order valence-electron chi connectivity index (χ0n) is 18.6. The Kier molecular flexibility index (Phi) is 6.71. The van der Waals surface area contributed by atoms with Gasteiger partial charge < -0.3 is 14.8 Å². The Hall–Kier alpha value is -2.36. The Balaban J connectivity index is 1.41. The molecule has 33 heavy (non-hydrogen) atoms. The number of amides is 1. The molecule has 1 unspecified atom stereocenters. The van der Waals surface area contributed by atoms with Gasteiger partial charge in [-0.15, -0.1) is 11.3 Å². The second kappa shape index (κ2) is 9.87. The largest absolute Gasteiger partial charge is 0.497 e. The first-order valence-corrected chi connectivity index (χ1v) is 13.2. The van der Waals surface area contributed by atoms with Gasteiger partial charge in [0, 0.05) is 23.2 Å². The van der Waals surface area contributed by atoms with Gasteiger partial charge in [-0.05, 0) is 56.2 Å². The number of aromatic nitrogens is 2. The second-order valence-electron chi connectivity index (χ2n) is 8.41. The predicted octanol–water partition coefficient (Wildman–Crippen LogP) is 4.26. The maximum atomic E-state index is 13.6. The highest BCUT2D eigenvalue weighted by atomic mass is 32.2. The van der Waals surface area contributed by atoms with Crippen LogP contribution in [0, 0.1) is 0 Å². The first kappa shape index (κ1) is 22.4. The minimum absolute atomic E-state index is 0.00519. The highest BCUT2D eigenvalue weighted by Crippen LogP contribution is 2.35. The zero-order valence-corrected chi connectivity index (χ0v) is 20.2. The van der Waals surface area contributed by atoms with Crippen LogP contribution in [0.2, 0.25) is 0 Å². The smallest absolute Gasteiger partial charge is 0.263 e. The summed E-state index contributed by atoms with van der Waals surface area (Å²) in [7, 11) is 1.59. The van der Waals surface area contributed by atoms with Crippen LogP contribution in [-0.4, -0.2) is 41.0 Å². The van der Waals surface area contributed by atoms with E-state index in [0.717, 1.165) is 55.3 Å². The monoisotopic (exact) mass is 485 g/mol. The zero-order chi connectivity index (χ0) is 22.8. The quantitative estimate of drug-likeness (QED) is 0.398. The molecule has 7 nitrogen and oxygen atoms in total. The molecule has 0 spiro atoms. The van der Waals surface area contributed by atoms with E-state index in [1.807, 2.05) is 18.2 Å². The number of nitrogens with zero attached hydrogens (tertiary/aromatic N) is 2. The average Bonchev–Trinajstić information content (AvgIpc) is 3.47. The Morgan fingerprint density at radius 2 is 2.21 bits per heavy atom. The SMILES string of the molecule is COc1cccc(NC(=O)CSc2nc3sc4c(c3c(=O)n2CC2CCCO2)CCCC4)c1. The molecule has 3 heterocycles. The van der Waals surface area contributed by atoms with Crippen LogP contribution in [0.5, 0.6) is 5.75 Å². The van der Waals surface area contributed by atoms with Crippen molar-refractivity contribution in [1.29, 1.82) is 0 Å². The van der Waals surface area contributed by atoms with Crippen LogP contribution in [0.25, 0.3) is 10.2 Å². The van der Waals surface area contributed by atoms with E-state index in [0.29, 0.717) is 23.1 Å². The number of aryl methyl sites for hydroxylation is 2. The van der Waals surface area contributed by atoms with Crippen molar-refractivity contribution in [2.45, 2.75) is 56.3 Å². The van der Waals surface area contributed by atoms with Crippen LogP contribution < -0.4 is 15.6 Å². The second-order valence-corrected chi connectivity index (χ2v) is 10.4. The van der Waals surface area contributed by atoms with Crippen molar-refractivity contribution in [2.75, 3.05) is 24.8 Å². The molecule has 1 fully saturated rings. The van der Waals surface area contributed by atoms with Crippen molar-refractivity contribution in [1.82, 2.24) is 9.55 Å². The standard InChI is InChI=1S/C24H27N3O4S2/c1-30-16-7-4-6-15(12-16)25-20(28)14-32-24-26-22-21(18-9-2-3-10-19(18)33-22)23(29)27(24)13-17-8-5-11-31-17/h4,6-7,12,17H,2-3,5,8-11,13-14H2,1H3,(H,25,28). The summed E-state index contributed by atoms with van der Waals surface area (Å²) >= 11 is 2.94. The summed E-state index contributed by atoms with van der Waals surface area (Å²) in [5.41, 5.74) is 1.86. The van der Waals surface area contributed by atoms with Crippen molar-refractivity contribution in [2.24, 2.45) is 0 Å². The lowest BCUT2D eigenvalue weighted by Gasteiger charge is -2.16.